The summed E-state index contributed by atoms with van der Waals surface area (Å²) in [6, 6.07) is 5.95. The van der Waals surface area contributed by atoms with Gasteiger partial charge >= 0.3 is 0 Å². The summed E-state index contributed by atoms with van der Waals surface area (Å²) in [6.07, 6.45) is -0.814. The first-order chi connectivity index (χ1) is 8.70. The van der Waals surface area contributed by atoms with Gasteiger partial charge in [-0.15, -0.1) is 0 Å². The van der Waals surface area contributed by atoms with Crippen LogP contribution in [0.4, 0.5) is 4.39 Å². The lowest BCUT2D eigenvalue weighted by Crippen LogP contribution is -2.54. The van der Waals surface area contributed by atoms with Crippen LogP contribution in [0.5, 0.6) is 0 Å². The fourth-order valence-electron chi connectivity index (χ4n) is 2.57. The van der Waals surface area contributed by atoms with E-state index in [0.29, 0.717) is 30.6 Å². The first kappa shape index (κ1) is 11.3. The molecule has 0 aliphatic carbocycles. The van der Waals surface area contributed by atoms with Crippen molar-refractivity contribution in [1.82, 2.24) is 10.2 Å². The maximum Gasteiger partial charge on any atom is 0.261 e. The number of carbonyl (C=O) groups excluding carboxylic acids is 2. The number of piperidine rings is 1. The summed E-state index contributed by atoms with van der Waals surface area (Å²) in [7, 11) is 0. The number of imide groups is 1. The van der Waals surface area contributed by atoms with Gasteiger partial charge in [-0.3, -0.25) is 14.5 Å². The van der Waals surface area contributed by atoms with E-state index in [-0.39, 0.29) is 11.8 Å². The Hall–Kier alpha value is -1.75. The number of nitrogens with zero attached hydrogens (tertiary/aromatic N) is 1. The van der Waals surface area contributed by atoms with E-state index in [4.69, 9.17) is 0 Å². The third-order valence-corrected chi connectivity index (χ3v) is 3.52. The maximum absolute atomic E-state index is 13.9. The second-order valence-corrected chi connectivity index (χ2v) is 4.60. The van der Waals surface area contributed by atoms with Crippen molar-refractivity contribution in [1.29, 1.82) is 0 Å². The lowest BCUT2D eigenvalue weighted by Gasteiger charge is -2.32. The molecule has 2 unspecified atom stereocenters. The van der Waals surface area contributed by atoms with E-state index in [1.54, 1.807) is 24.3 Å². The maximum atomic E-state index is 13.9. The number of carbonyl (C=O) groups is 2. The Morgan fingerprint density at radius 2 is 1.78 bits per heavy atom. The third-order valence-electron chi connectivity index (χ3n) is 3.52. The van der Waals surface area contributed by atoms with Crippen LogP contribution in [0.1, 0.15) is 27.1 Å². The molecule has 1 aromatic rings. The highest BCUT2D eigenvalue weighted by atomic mass is 19.1. The van der Waals surface area contributed by atoms with Gasteiger partial charge in [-0.1, -0.05) is 12.1 Å². The highest BCUT2D eigenvalue weighted by molar-refractivity contribution is 6.21. The quantitative estimate of drug-likeness (QED) is 0.754. The molecule has 1 fully saturated rings. The molecule has 5 heteroatoms. The Kier molecular flexibility index (Phi) is 2.63. The largest absolute Gasteiger partial charge is 0.314 e. The number of fused-ring (bicyclic) bond motifs is 1. The number of rotatable bonds is 1. The Labute approximate surface area is 104 Å². The van der Waals surface area contributed by atoms with Crippen LogP contribution >= 0.6 is 0 Å². The van der Waals surface area contributed by atoms with Crippen molar-refractivity contribution < 1.29 is 14.0 Å². The number of alkyl halides is 1. The third kappa shape index (κ3) is 1.54. The van der Waals surface area contributed by atoms with Crippen LogP contribution in [-0.4, -0.2) is 42.0 Å². The van der Waals surface area contributed by atoms with Crippen LogP contribution in [0.15, 0.2) is 24.3 Å². The summed E-state index contributed by atoms with van der Waals surface area (Å²) in [4.78, 5) is 25.4. The molecule has 94 valence electrons. The van der Waals surface area contributed by atoms with Crippen LogP contribution in [-0.2, 0) is 0 Å². The van der Waals surface area contributed by atoms with Crippen molar-refractivity contribution in [2.24, 2.45) is 0 Å². The number of amides is 2. The van der Waals surface area contributed by atoms with Crippen LogP contribution in [0.2, 0.25) is 0 Å². The highest BCUT2D eigenvalue weighted by Crippen LogP contribution is 2.27. The summed E-state index contributed by atoms with van der Waals surface area (Å²) in [5, 5.41) is 3.02. The van der Waals surface area contributed by atoms with Crippen molar-refractivity contribution >= 4 is 11.8 Å². The minimum absolute atomic E-state index is 0.326. The number of hydrogen-bond acceptors (Lipinski definition) is 3. The van der Waals surface area contributed by atoms with Crippen LogP contribution in [0.3, 0.4) is 0 Å². The molecule has 1 N–H and O–H groups in total. The molecule has 3 rings (SSSR count). The zero-order valence-electron chi connectivity index (χ0n) is 9.73. The number of benzene rings is 1. The molecule has 1 aromatic carbocycles. The molecule has 2 aliphatic rings. The van der Waals surface area contributed by atoms with Gasteiger partial charge in [-0.2, -0.15) is 0 Å². The molecule has 1 saturated heterocycles. The van der Waals surface area contributed by atoms with Gasteiger partial charge in [0.15, 0.2) is 0 Å². The Morgan fingerprint density at radius 1 is 1.17 bits per heavy atom. The van der Waals surface area contributed by atoms with E-state index in [9.17, 15) is 14.0 Å². The van der Waals surface area contributed by atoms with Crippen molar-refractivity contribution in [2.75, 3.05) is 13.1 Å². The van der Waals surface area contributed by atoms with Gasteiger partial charge in [0.05, 0.1) is 17.2 Å². The van der Waals surface area contributed by atoms with Crippen LogP contribution < -0.4 is 5.32 Å². The molecule has 2 aliphatic heterocycles. The molecule has 0 bridgehead atoms. The molecule has 0 spiro atoms. The first-order valence-corrected chi connectivity index (χ1v) is 6.02. The predicted molar refractivity (Wildman–Crippen MR) is 63.1 cm³/mol. The van der Waals surface area contributed by atoms with Gasteiger partial charge in [-0.25, -0.2) is 4.39 Å². The van der Waals surface area contributed by atoms with Crippen molar-refractivity contribution in [3.63, 3.8) is 0 Å². The molecule has 4 nitrogen and oxygen atoms in total. The van der Waals surface area contributed by atoms with Crippen LogP contribution in [0, 0.1) is 0 Å². The standard InChI is InChI=1S/C13H13FN2O2/c14-10-5-6-15-7-11(10)16-12(17)8-3-1-2-4-9(8)13(16)18/h1-4,10-11,15H,5-7H2. The number of hydrogen-bond donors (Lipinski definition) is 1. The fourth-order valence-corrected chi connectivity index (χ4v) is 2.57. The minimum atomic E-state index is -1.14. The zero-order valence-corrected chi connectivity index (χ0v) is 9.73. The molecular weight excluding hydrogens is 235 g/mol. The van der Waals surface area contributed by atoms with Crippen LogP contribution in [0.25, 0.3) is 0 Å². The molecule has 0 saturated carbocycles. The van der Waals surface area contributed by atoms with Gasteiger partial charge < -0.3 is 5.32 Å². The van der Waals surface area contributed by atoms with E-state index in [1.165, 1.54) is 0 Å². The SMILES string of the molecule is O=C1c2ccccc2C(=O)N1C1CNCCC1F. The summed E-state index contributed by atoms with van der Waals surface area (Å²) in [6.45, 7) is 0.910. The number of nitrogens with one attached hydrogen (secondary N) is 1. The summed E-state index contributed by atoms with van der Waals surface area (Å²) in [5.41, 5.74) is 0.751. The Balaban J connectivity index is 1.96. The van der Waals surface area contributed by atoms with Gasteiger partial charge in [0.2, 0.25) is 0 Å². The molecule has 0 aromatic heterocycles. The molecule has 18 heavy (non-hydrogen) atoms. The normalized spacial score (nSPS) is 27.5. The summed E-state index contributed by atoms with van der Waals surface area (Å²) < 4.78 is 13.9. The summed E-state index contributed by atoms with van der Waals surface area (Å²) >= 11 is 0. The predicted octanol–water partition coefficient (Wildman–Crippen LogP) is 0.983. The van der Waals surface area contributed by atoms with E-state index < -0.39 is 12.2 Å². The fraction of sp³-hybridized carbons (Fsp3) is 0.385. The Bertz CT molecular complexity index is 482. The van der Waals surface area contributed by atoms with E-state index >= 15 is 0 Å². The van der Waals surface area contributed by atoms with Gasteiger partial charge in [-0.05, 0) is 25.1 Å². The van der Waals surface area contributed by atoms with Gasteiger partial charge in [0, 0.05) is 6.54 Å². The minimum Gasteiger partial charge on any atom is -0.314 e. The second kappa shape index (κ2) is 4.17. The van der Waals surface area contributed by atoms with Crippen molar-refractivity contribution in [3.05, 3.63) is 35.4 Å². The van der Waals surface area contributed by atoms with Gasteiger partial charge in [0.1, 0.15) is 6.17 Å². The number of halogens is 1. The smallest absolute Gasteiger partial charge is 0.261 e. The average Bonchev–Trinajstić information content (AvgIpc) is 2.64. The first-order valence-electron chi connectivity index (χ1n) is 6.02. The second-order valence-electron chi connectivity index (χ2n) is 4.60. The monoisotopic (exact) mass is 248 g/mol. The van der Waals surface area contributed by atoms with Crippen molar-refractivity contribution in [2.45, 2.75) is 18.6 Å². The molecule has 2 amide bonds. The molecule has 2 heterocycles. The molecule has 2 atom stereocenters. The van der Waals surface area contributed by atoms with Gasteiger partial charge in [0.25, 0.3) is 11.8 Å². The Morgan fingerprint density at radius 3 is 2.33 bits per heavy atom. The highest BCUT2D eigenvalue weighted by Gasteiger charge is 2.43. The van der Waals surface area contributed by atoms with E-state index in [0.717, 1.165) is 4.90 Å². The topological polar surface area (TPSA) is 49.4 Å². The summed E-state index contributed by atoms with van der Waals surface area (Å²) in [5.74, 6) is -0.765. The van der Waals surface area contributed by atoms with E-state index in [2.05, 4.69) is 5.32 Å². The van der Waals surface area contributed by atoms with Crippen molar-refractivity contribution in [3.8, 4) is 0 Å². The lowest BCUT2D eigenvalue weighted by molar-refractivity contribution is 0.0443. The average molecular weight is 248 g/mol. The lowest BCUT2D eigenvalue weighted by atomic mass is 10.0. The zero-order chi connectivity index (χ0) is 12.7. The van der Waals surface area contributed by atoms with E-state index in [1.807, 2.05) is 0 Å². The molecular formula is C13H13FN2O2. The molecule has 0 radical (unpaired) electrons.